The van der Waals surface area contributed by atoms with Crippen molar-refractivity contribution < 1.29 is 48.2 Å². The van der Waals surface area contributed by atoms with Crippen LogP contribution >= 0.6 is 0 Å². The van der Waals surface area contributed by atoms with Gasteiger partial charge in [0.2, 0.25) is 29.4 Å². The van der Waals surface area contributed by atoms with Gasteiger partial charge in [-0.3, -0.25) is 38.4 Å². The molecule has 2 aliphatic rings. The van der Waals surface area contributed by atoms with E-state index in [1.54, 1.807) is 49.4 Å². The van der Waals surface area contributed by atoms with Crippen LogP contribution in [0.3, 0.4) is 0 Å². The molecule has 1 heterocycles. The van der Waals surface area contributed by atoms with Crippen LogP contribution in [0.5, 0.6) is 0 Å². The Morgan fingerprint density at radius 3 is 2.21 bits per heavy atom. The maximum Gasteiger partial charge on any atom is 0.307 e. The topological polar surface area (TPSA) is 243 Å². The Balaban J connectivity index is 1.49. The van der Waals surface area contributed by atoms with E-state index in [0.29, 0.717) is 24.0 Å². The van der Waals surface area contributed by atoms with Crippen molar-refractivity contribution in [2.45, 2.75) is 115 Å². The standard InChI is InChI=1S/C41H54N6O10/c1-5-29(35(51)39(55)43-22-31(48)45-33(36(42)52)25-14-8-6-9-15-25)44-38(54)30-21-28(57-41(2,3)4)23-47(30)40(56)34(26-16-10-7-11-17-26)46-37(53)27-18-12-13-24(19-27)20-32(49)50/h6,8-9,12-15,18-19,26,28-30,33-34H,5,7,10-11,16-17,20-23H2,1-4H3,(H2,42,52)(H,43,55)(H,44,54)(H,45,48)(H,46,53)(H,49,50). The van der Waals surface area contributed by atoms with Gasteiger partial charge < -0.3 is 41.7 Å². The number of primary amides is 1. The molecule has 6 amide bonds. The summed E-state index contributed by atoms with van der Waals surface area (Å²) >= 11 is 0. The summed E-state index contributed by atoms with van der Waals surface area (Å²) in [6.45, 7) is 6.49. The highest BCUT2D eigenvalue weighted by Gasteiger charge is 2.46. The minimum atomic E-state index is -1.31. The van der Waals surface area contributed by atoms with Gasteiger partial charge >= 0.3 is 5.97 Å². The molecule has 0 aromatic heterocycles. The van der Waals surface area contributed by atoms with Gasteiger partial charge in [-0.1, -0.05) is 68.7 Å². The summed E-state index contributed by atoms with van der Waals surface area (Å²) in [6, 6.07) is 9.81. The van der Waals surface area contributed by atoms with Crippen LogP contribution < -0.4 is 27.0 Å². The number of nitrogens with zero attached hydrogens (tertiary/aromatic N) is 1. The van der Waals surface area contributed by atoms with Crippen LogP contribution in [-0.4, -0.2) is 100 Å². The number of hydrogen-bond acceptors (Lipinski definition) is 9. The number of ketones is 1. The van der Waals surface area contributed by atoms with Gasteiger partial charge in [-0.05, 0) is 69.2 Å². The molecule has 1 aliphatic heterocycles. The summed E-state index contributed by atoms with van der Waals surface area (Å²) in [7, 11) is 0. The number of nitrogens with one attached hydrogen (secondary N) is 4. The second-order valence-electron chi connectivity index (χ2n) is 15.5. The van der Waals surface area contributed by atoms with Gasteiger partial charge in [0.15, 0.2) is 0 Å². The SMILES string of the molecule is CCC(NC(=O)C1CC(OC(C)(C)C)CN1C(=O)C(NC(=O)c1cccc(CC(=O)O)c1)C1CCCCC1)C(=O)C(=O)NCC(=O)NC(C(N)=O)c1ccccc1. The lowest BCUT2D eigenvalue weighted by Gasteiger charge is -2.35. The molecular weight excluding hydrogens is 736 g/mol. The molecule has 1 saturated carbocycles. The Morgan fingerprint density at radius 1 is 0.912 bits per heavy atom. The van der Waals surface area contributed by atoms with E-state index >= 15 is 0 Å². The maximum atomic E-state index is 14.6. The van der Waals surface area contributed by atoms with Crippen molar-refractivity contribution in [2.75, 3.05) is 13.1 Å². The first kappa shape index (κ1) is 44.1. The number of carboxylic acids is 1. The van der Waals surface area contributed by atoms with Gasteiger partial charge in [0.1, 0.15) is 18.1 Å². The molecule has 2 fully saturated rings. The van der Waals surface area contributed by atoms with Crippen LogP contribution in [0.15, 0.2) is 54.6 Å². The van der Waals surface area contributed by atoms with Crippen LogP contribution in [0.4, 0.5) is 0 Å². The fraction of sp³-hybridized carbons (Fsp3) is 0.512. The van der Waals surface area contributed by atoms with Crippen molar-refractivity contribution in [3.63, 3.8) is 0 Å². The number of carboxylic acid groups (broad SMARTS) is 1. The Labute approximate surface area is 332 Å². The van der Waals surface area contributed by atoms with E-state index in [1.165, 1.54) is 17.0 Å². The van der Waals surface area contributed by atoms with Crippen molar-refractivity contribution in [3.05, 3.63) is 71.3 Å². The van der Waals surface area contributed by atoms with E-state index in [0.717, 1.165) is 19.3 Å². The van der Waals surface area contributed by atoms with E-state index in [4.69, 9.17) is 10.5 Å². The second kappa shape index (κ2) is 20.0. The molecule has 7 N–H and O–H groups in total. The van der Waals surface area contributed by atoms with Gasteiger partial charge in [0.05, 0.1) is 30.7 Å². The summed E-state index contributed by atoms with van der Waals surface area (Å²) in [6.07, 6.45) is 3.23. The van der Waals surface area contributed by atoms with Crippen molar-refractivity contribution in [1.29, 1.82) is 0 Å². The highest BCUT2D eigenvalue weighted by atomic mass is 16.5. The molecule has 1 saturated heterocycles. The number of Topliss-reactive ketones (excluding diaryl/α,β-unsaturated/α-hetero) is 1. The Bertz CT molecular complexity index is 1810. The molecule has 5 unspecified atom stereocenters. The summed E-state index contributed by atoms with van der Waals surface area (Å²) < 4.78 is 6.21. The van der Waals surface area contributed by atoms with Crippen LogP contribution in [0, 0.1) is 5.92 Å². The predicted octanol–water partition coefficient (Wildman–Crippen LogP) is 1.70. The Morgan fingerprint density at radius 2 is 1.60 bits per heavy atom. The van der Waals surface area contributed by atoms with Crippen molar-refractivity contribution in [2.24, 2.45) is 11.7 Å². The molecule has 0 radical (unpaired) electrons. The highest BCUT2D eigenvalue weighted by Crippen LogP contribution is 2.31. The van der Waals surface area contributed by atoms with Crippen molar-refractivity contribution >= 4 is 47.2 Å². The average Bonchev–Trinajstić information content (AvgIpc) is 3.59. The van der Waals surface area contributed by atoms with E-state index in [2.05, 4.69) is 21.3 Å². The van der Waals surface area contributed by atoms with E-state index in [1.807, 2.05) is 20.8 Å². The van der Waals surface area contributed by atoms with Crippen LogP contribution in [0.25, 0.3) is 0 Å². The fourth-order valence-corrected chi connectivity index (χ4v) is 7.33. The smallest absolute Gasteiger partial charge is 0.307 e. The molecular formula is C41H54N6O10. The maximum absolute atomic E-state index is 14.6. The largest absolute Gasteiger partial charge is 0.481 e. The molecule has 57 heavy (non-hydrogen) atoms. The molecule has 0 spiro atoms. The van der Waals surface area contributed by atoms with Gasteiger partial charge in [0, 0.05) is 18.5 Å². The number of ether oxygens (including phenoxy) is 1. The van der Waals surface area contributed by atoms with Gasteiger partial charge in [-0.2, -0.15) is 0 Å². The van der Waals surface area contributed by atoms with E-state index in [-0.39, 0.29) is 37.3 Å². The lowest BCUT2D eigenvalue weighted by Crippen LogP contribution is -2.58. The zero-order chi connectivity index (χ0) is 41.9. The first-order chi connectivity index (χ1) is 27.0. The third kappa shape index (κ3) is 12.7. The molecule has 16 heteroatoms. The average molecular weight is 791 g/mol. The van der Waals surface area contributed by atoms with Gasteiger partial charge in [0.25, 0.3) is 11.8 Å². The third-order valence-electron chi connectivity index (χ3n) is 9.98. The zero-order valence-corrected chi connectivity index (χ0v) is 32.9. The number of amides is 6. The first-order valence-corrected chi connectivity index (χ1v) is 19.3. The zero-order valence-electron chi connectivity index (χ0n) is 32.9. The Hall–Kier alpha value is -5.64. The fourth-order valence-electron chi connectivity index (χ4n) is 7.33. The summed E-state index contributed by atoms with van der Waals surface area (Å²) in [4.78, 5) is 106. The minimum Gasteiger partial charge on any atom is -0.481 e. The van der Waals surface area contributed by atoms with Gasteiger partial charge in [-0.25, -0.2) is 0 Å². The lowest BCUT2D eigenvalue weighted by atomic mass is 9.83. The van der Waals surface area contributed by atoms with Crippen LogP contribution in [0.1, 0.15) is 100 Å². The molecule has 16 nitrogen and oxygen atoms in total. The Kier molecular flexibility index (Phi) is 15.5. The molecule has 5 atom stereocenters. The third-order valence-corrected chi connectivity index (χ3v) is 9.98. The molecule has 4 rings (SSSR count). The molecule has 2 aromatic carbocycles. The van der Waals surface area contributed by atoms with Gasteiger partial charge in [-0.15, -0.1) is 0 Å². The number of hydrogen-bond donors (Lipinski definition) is 6. The second-order valence-corrected chi connectivity index (χ2v) is 15.5. The molecule has 2 aromatic rings. The number of nitrogens with two attached hydrogens (primary N) is 1. The number of rotatable bonds is 17. The van der Waals surface area contributed by atoms with Crippen molar-refractivity contribution in [3.8, 4) is 0 Å². The molecule has 308 valence electrons. The number of aliphatic carboxylic acids is 1. The van der Waals surface area contributed by atoms with E-state index < -0.39 is 89.6 Å². The summed E-state index contributed by atoms with van der Waals surface area (Å²) in [5.74, 6) is -6.81. The molecule has 1 aliphatic carbocycles. The van der Waals surface area contributed by atoms with E-state index in [9.17, 15) is 43.5 Å². The number of likely N-dealkylation sites (tertiary alicyclic amines) is 1. The normalized spacial score (nSPS) is 18.7. The highest BCUT2D eigenvalue weighted by molar-refractivity contribution is 6.38. The van der Waals surface area contributed by atoms with Crippen molar-refractivity contribution in [1.82, 2.24) is 26.2 Å². The van der Waals surface area contributed by atoms with Crippen LogP contribution in [0.2, 0.25) is 0 Å². The quantitative estimate of drug-likeness (QED) is 0.127. The summed E-state index contributed by atoms with van der Waals surface area (Å²) in [5.41, 5.74) is 5.87. The minimum absolute atomic E-state index is 0.00618. The molecule has 0 bridgehead atoms. The number of carbonyl (C=O) groups is 8. The number of benzene rings is 2. The summed E-state index contributed by atoms with van der Waals surface area (Å²) in [5, 5.41) is 19.4. The number of carbonyl (C=O) groups excluding carboxylic acids is 7. The van der Waals surface area contributed by atoms with Crippen LogP contribution in [-0.2, 0) is 44.7 Å². The predicted molar refractivity (Wildman–Crippen MR) is 207 cm³/mol. The lowest BCUT2D eigenvalue weighted by molar-refractivity contribution is -0.143. The monoisotopic (exact) mass is 790 g/mol. The first-order valence-electron chi connectivity index (χ1n) is 19.3.